The molecule has 0 spiro atoms. The molecule has 2 aromatic carbocycles. The zero-order valence-electron chi connectivity index (χ0n) is 14.8. The predicted octanol–water partition coefficient (Wildman–Crippen LogP) is 5.79. The smallest absolute Gasteiger partial charge is 0.205 e. The van der Waals surface area contributed by atoms with E-state index in [1.807, 2.05) is 30.3 Å². The Morgan fingerprint density at radius 3 is 2.44 bits per heavy atom. The fourth-order valence-electron chi connectivity index (χ4n) is 3.02. The first-order valence-electron chi connectivity index (χ1n) is 8.28. The van der Waals surface area contributed by atoms with Crippen LogP contribution in [0.25, 0.3) is 11.8 Å². The molecular formula is C22H16BrFN2O. The Labute approximate surface area is 165 Å². The average Bonchev–Trinajstić information content (AvgIpc) is 2.95. The normalized spacial score (nSPS) is 11.3. The number of benzene rings is 2. The van der Waals surface area contributed by atoms with Gasteiger partial charge in [0.05, 0.1) is 5.69 Å². The lowest BCUT2D eigenvalue weighted by Gasteiger charge is -2.10. The van der Waals surface area contributed by atoms with Gasteiger partial charge in [0.1, 0.15) is 17.5 Å². The van der Waals surface area contributed by atoms with Crippen LogP contribution in [0.4, 0.5) is 4.39 Å². The van der Waals surface area contributed by atoms with Crippen molar-refractivity contribution in [3.63, 3.8) is 0 Å². The van der Waals surface area contributed by atoms with Crippen molar-refractivity contribution in [3.8, 4) is 11.8 Å². The molecule has 3 nitrogen and oxygen atoms in total. The summed E-state index contributed by atoms with van der Waals surface area (Å²) in [4.78, 5) is 12.9. The van der Waals surface area contributed by atoms with E-state index < -0.39 is 0 Å². The van der Waals surface area contributed by atoms with Crippen LogP contribution in [0, 0.1) is 31.0 Å². The number of rotatable bonds is 4. The Morgan fingerprint density at radius 1 is 1.15 bits per heavy atom. The number of nitriles is 1. The van der Waals surface area contributed by atoms with E-state index in [0.717, 1.165) is 15.7 Å². The Hall–Kier alpha value is -2.97. The van der Waals surface area contributed by atoms with Crippen LogP contribution in [0.2, 0.25) is 0 Å². The van der Waals surface area contributed by atoms with Gasteiger partial charge in [-0.3, -0.25) is 4.79 Å². The summed E-state index contributed by atoms with van der Waals surface area (Å²) < 4.78 is 16.8. The van der Waals surface area contributed by atoms with Gasteiger partial charge in [-0.25, -0.2) is 4.39 Å². The molecule has 27 heavy (non-hydrogen) atoms. The van der Waals surface area contributed by atoms with Crippen molar-refractivity contribution in [3.05, 3.63) is 93.0 Å². The van der Waals surface area contributed by atoms with E-state index >= 15 is 0 Å². The van der Waals surface area contributed by atoms with Crippen molar-refractivity contribution in [2.24, 2.45) is 0 Å². The van der Waals surface area contributed by atoms with Gasteiger partial charge in [0, 0.05) is 21.4 Å². The molecule has 0 saturated heterocycles. The molecule has 3 aromatic rings. The number of hydrogen-bond donors (Lipinski definition) is 0. The van der Waals surface area contributed by atoms with Gasteiger partial charge in [0.15, 0.2) is 0 Å². The summed E-state index contributed by atoms with van der Waals surface area (Å²) in [5.41, 5.74) is 2.88. The lowest BCUT2D eigenvalue weighted by molar-refractivity contribution is 0.103. The number of aromatic nitrogens is 1. The standard InChI is InChI=1S/C22H16BrFN2O/c1-14-11-19(15(2)26(14)21-6-4-3-5-20(21)24)22(27)17(13-25)12-16-7-9-18(23)10-8-16/h3-12H,1-2H3. The van der Waals surface area contributed by atoms with E-state index in [1.54, 1.807) is 48.8 Å². The maximum atomic E-state index is 14.2. The monoisotopic (exact) mass is 422 g/mol. The first kappa shape index (κ1) is 18.8. The first-order valence-corrected chi connectivity index (χ1v) is 9.07. The van der Waals surface area contributed by atoms with Gasteiger partial charge < -0.3 is 4.57 Å². The number of halogens is 2. The van der Waals surface area contributed by atoms with Crippen molar-refractivity contribution in [2.75, 3.05) is 0 Å². The van der Waals surface area contributed by atoms with Gasteiger partial charge in [0.2, 0.25) is 5.78 Å². The van der Waals surface area contributed by atoms with Crippen LogP contribution in [0.1, 0.15) is 27.3 Å². The van der Waals surface area contributed by atoms with E-state index in [0.29, 0.717) is 16.9 Å². The van der Waals surface area contributed by atoms with Crippen molar-refractivity contribution in [1.82, 2.24) is 4.57 Å². The summed E-state index contributed by atoms with van der Waals surface area (Å²) in [6, 6.07) is 17.4. The lowest BCUT2D eigenvalue weighted by atomic mass is 10.0. The fraction of sp³-hybridized carbons (Fsp3) is 0.0909. The molecule has 0 aliphatic carbocycles. The molecule has 0 unspecified atom stereocenters. The van der Waals surface area contributed by atoms with Crippen LogP contribution in [0.3, 0.4) is 0 Å². The van der Waals surface area contributed by atoms with Gasteiger partial charge >= 0.3 is 0 Å². The molecule has 0 radical (unpaired) electrons. The number of carbonyl (C=O) groups is 1. The number of allylic oxidation sites excluding steroid dienone is 1. The molecule has 0 amide bonds. The molecule has 0 aliphatic rings. The van der Waals surface area contributed by atoms with Crippen LogP contribution >= 0.6 is 15.9 Å². The number of carbonyl (C=O) groups excluding carboxylic acids is 1. The second-order valence-corrected chi connectivity index (χ2v) is 7.04. The largest absolute Gasteiger partial charge is 0.315 e. The summed E-state index contributed by atoms with van der Waals surface area (Å²) >= 11 is 3.36. The van der Waals surface area contributed by atoms with Crippen molar-refractivity contribution >= 4 is 27.8 Å². The summed E-state index contributed by atoms with van der Waals surface area (Å²) in [5, 5.41) is 9.49. The van der Waals surface area contributed by atoms with Crippen molar-refractivity contribution < 1.29 is 9.18 Å². The van der Waals surface area contributed by atoms with Crippen molar-refractivity contribution in [1.29, 1.82) is 5.26 Å². The van der Waals surface area contributed by atoms with Gasteiger partial charge in [-0.1, -0.05) is 40.2 Å². The van der Waals surface area contributed by atoms with E-state index in [1.165, 1.54) is 6.07 Å². The number of nitrogens with zero attached hydrogens (tertiary/aromatic N) is 2. The SMILES string of the molecule is Cc1cc(C(=O)C(C#N)=Cc2ccc(Br)cc2)c(C)n1-c1ccccc1F. The number of Topliss-reactive ketones (excluding diaryl/α,β-unsaturated/α-hetero) is 1. The summed E-state index contributed by atoms with van der Waals surface area (Å²) in [6.45, 7) is 3.56. The van der Waals surface area contributed by atoms with Crippen LogP contribution in [-0.4, -0.2) is 10.4 Å². The highest BCUT2D eigenvalue weighted by Crippen LogP contribution is 2.25. The highest BCUT2D eigenvalue weighted by atomic mass is 79.9. The molecule has 134 valence electrons. The zero-order chi connectivity index (χ0) is 19.6. The fourth-order valence-corrected chi connectivity index (χ4v) is 3.28. The molecule has 0 aliphatic heterocycles. The quantitative estimate of drug-likeness (QED) is 0.303. The minimum atomic E-state index is -0.379. The summed E-state index contributed by atoms with van der Waals surface area (Å²) in [7, 11) is 0. The third-order valence-electron chi connectivity index (χ3n) is 4.32. The Balaban J connectivity index is 2.05. The Bertz CT molecular complexity index is 1090. The number of hydrogen-bond acceptors (Lipinski definition) is 2. The molecule has 0 atom stereocenters. The molecule has 0 N–H and O–H groups in total. The lowest BCUT2D eigenvalue weighted by Crippen LogP contribution is -2.06. The van der Waals surface area contributed by atoms with Crippen LogP contribution in [0.15, 0.2) is 64.6 Å². The highest BCUT2D eigenvalue weighted by Gasteiger charge is 2.21. The van der Waals surface area contributed by atoms with Gasteiger partial charge in [-0.15, -0.1) is 0 Å². The molecule has 1 aromatic heterocycles. The minimum absolute atomic E-state index is 0.0334. The van der Waals surface area contributed by atoms with Crippen LogP contribution < -0.4 is 0 Å². The topological polar surface area (TPSA) is 45.8 Å². The van der Waals surface area contributed by atoms with Crippen LogP contribution in [-0.2, 0) is 0 Å². The maximum absolute atomic E-state index is 14.2. The van der Waals surface area contributed by atoms with E-state index in [4.69, 9.17) is 0 Å². The zero-order valence-corrected chi connectivity index (χ0v) is 16.4. The van der Waals surface area contributed by atoms with E-state index in [-0.39, 0.29) is 17.2 Å². The number of para-hydroxylation sites is 1. The molecule has 0 bridgehead atoms. The van der Waals surface area contributed by atoms with Crippen LogP contribution in [0.5, 0.6) is 0 Å². The van der Waals surface area contributed by atoms with E-state index in [9.17, 15) is 14.4 Å². The molecular weight excluding hydrogens is 407 g/mol. The third kappa shape index (κ3) is 3.76. The Morgan fingerprint density at radius 2 is 1.81 bits per heavy atom. The Kier molecular flexibility index (Phi) is 5.38. The molecule has 3 rings (SSSR count). The average molecular weight is 423 g/mol. The van der Waals surface area contributed by atoms with Gasteiger partial charge in [0.25, 0.3) is 0 Å². The molecule has 5 heteroatoms. The van der Waals surface area contributed by atoms with Gasteiger partial charge in [-0.05, 0) is 55.8 Å². The third-order valence-corrected chi connectivity index (χ3v) is 4.84. The first-order chi connectivity index (χ1) is 12.9. The highest BCUT2D eigenvalue weighted by molar-refractivity contribution is 9.10. The minimum Gasteiger partial charge on any atom is -0.315 e. The number of ketones is 1. The van der Waals surface area contributed by atoms with Crippen molar-refractivity contribution in [2.45, 2.75) is 13.8 Å². The molecule has 0 saturated carbocycles. The predicted molar refractivity (Wildman–Crippen MR) is 107 cm³/mol. The molecule has 1 heterocycles. The number of aryl methyl sites for hydroxylation is 1. The molecule has 0 fully saturated rings. The second kappa shape index (κ2) is 7.73. The second-order valence-electron chi connectivity index (χ2n) is 6.12. The van der Waals surface area contributed by atoms with E-state index in [2.05, 4.69) is 15.9 Å². The summed E-state index contributed by atoms with van der Waals surface area (Å²) in [5.74, 6) is -0.750. The summed E-state index contributed by atoms with van der Waals surface area (Å²) in [6.07, 6.45) is 1.56. The van der Waals surface area contributed by atoms with Gasteiger partial charge in [-0.2, -0.15) is 5.26 Å². The maximum Gasteiger partial charge on any atom is 0.205 e.